The minimum Gasteiger partial charge on any atom is -0.310 e. The van der Waals surface area contributed by atoms with Crippen molar-refractivity contribution in [3.63, 3.8) is 0 Å². The molecule has 0 spiro atoms. The van der Waals surface area contributed by atoms with Crippen molar-refractivity contribution in [1.82, 2.24) is 0 Å². The van der Waals surface area contributed by atoms with Crippen LogP contribution in [0, 0.1) is 0 Å². The molecular formula is C50H57N. The second-order valence-electron chi connectivity index (χ2n) is 18.9. The van der Waals surface area contributed by atoms with Gasteiger partial charge in [-0.2, -0.15) is 0 Å². The lowest BCUT2D eigenvalue weighted by atomic mass is 9.71. The Morgan fingerprint density at radius 3 is 1.88 bits per heavy atom. The van der Waals surface area contributed by atoms with Gasteiger partial charge in [-0.3, -0.25) is 0 Å². The molecule has 1 nitrogen and oxygen atoms in total. The summed E-state index contributed by atoms with van der Waals surface area (Å²) in [6, 6.07) is 38.1. The summed E-state index contributed by atoms with van der Waals surface area (Å²) in [5, 5.41) is 0. The number of hydrogen-bond donors (Lipinski definition) is 0. The number of benzene rings is 5. The number of nitrogens with zero attached hydrogens (tertiary/aromatic N) is 1. The Bertz CT molecular complexity index is 2140. The fraction of sp³-hybridized carbons (Fsp3) is 0.400. The van der Waals surface area contributed by atoms with E-state index in [9.17, 15) is 0 Å². The van der Waals surface area contributed by atoms with Crippen LogP contribution in [0.25, 0.3) is 22.3 Å². The van der Waals surface area contributed by atoms with Gasteiger partial charge in [0.2, 0.25) is 0 Å². The fourth-order valence-corrected chi connectivity index (χ4v) is 9.79. The molecule has 0 bridgehead atoms. The van der Waals surface area contributed by atoms with Gasteiger partial charge in [0.25, 0.3) is 0 Å². The summed E-state index contributed by atoms with van der Waals surface area (Å²) in [7, 11) is 0. The number of rotatable bonds is 4. The van der Waals surface area contributed by atoms with Gasteiger partial charge in [0.1, 0.15) is 0 Å². The number of fused-ring (bicyclic) bond motifs is 6. The highest BCUT2D eigenvalue weighted by Crippen LogP contribution is 2.58. The largest absolute Gasteiger partial charge is 0.310 e. The van der Waals surface area contributed by atoms with Crippen molar-refractivity contribution in [2.45, 2.75) is 129 Å². The predicted molar refractivity (Wildman–Crippen MR) is 219 cm³/mol. The lowest BCUT2D eigenvalue weighted by Crippen LogP contribution is -2.24. The molecule has 1 heteroatoms. The first-order valence-electron chi connectivity index (χ1n) is 19.6. The first-order valence-corrected chi connectivity index (χ1v) is 19.6. The molecule has 0 aliphatic heterocycles. The third kappa shape index (κ3) is 5.41. The van der Waals surface area contributed by atoms with E-state index in [0.29, 0.717) is 5.92 Å². The quantitative estimate of drug-likeness (QED) is 0.184. The van der Waals surface area contributed by atoms with Crippen molar-refractivity contribution < 1.29 is 0 Å². The van der Waals surface area contributed by atoms with Crippen LogP contribution in [0.1, 0.15) is 146 Å². The molecule has 1 fully saturated rings. The third-order valence-corrected chi connectivity index (χ3v) is 12.7. The van der Waals surface area contributed by atoms with Crippen LogP contribution < -0.4 is 4.90 Å². The molecule has 0 aromatic heterocycles. The summed E-state index contributed by atoms with van der Waals surface area (Å²) in [5.41, 5.74) is 19.2. The van der Waals surface area contributed by atoms with E-state index in [0.717, 1.165) is 0 Å². The van der Waals surface area contributed by atoms with E-state index in [1.807, 2.05) is 0 Å². The maximum Gasteiger partial charge on any atom is 0.0543 e. The molecule has 5 aromatic rings. The first kappa shape index (κ1) is 34.0. The summed E-state index contributed by atoms with van der Waals surface area (Å²) in [5.74, 6) is 0.681. The first-order chi connectivity index (χ1) is 24.1. The molecule has 8 rings (SSSR count). The second kappa shape index (κ2) is 11.7. The summed E-state index contributed by atoms with van der Waals surface area (Å²) in [6.45, 7) is 23.9. The van der Waals surface area contributed by atoms with Gasteiger partial charge in [0.05, 0.1) is 5.69 Å². The molecule has 3 aliphatic rings. The zero-order valence-electron chi connectivity index (χ0n) is 32.8. The fourth-order valence-electron chi connectivity index (χ4n) is 9.79. The maximum atomic E-state index is 2.58. The van der Waals surface area contributed by atoms with E-state index in [4.69, 9.17) is 0 Å². The highest BCUT2D eigenvalue weighted by atomic mass is 15.1. The highest BCUT2D eigenvalue weighted by Gasteiger charge is 2.43. The van der Waals surface area contributed by atoms with E-state index >= 15 is 0 Å². The molecule has 0 N–H and O–H groups in total. The van der Waals surface area contributed by atoms with Crippen molar-refractivity contribution in [2.24, 2.45) is 0 Å². The van der Waals surface area contributed by atoms with Crippen molar-refractivity contribution in [3.05, 3.63) is 136 Å². The van der Waals surface area contributed by atoms with Gasteiger partial charge in [0, 0.05) is 27.8 Å². The normalized spacial score (nSPS) is 17.5. The van der Waals surface area contributed by atoms with Crippen molar-refractivity contribution in [3.8, 4) is 22.3 Å². The monoisotopic (exact) mass is 671 g/mol. The van der Waals surface area contributed by atoms with Crippen LogP contribution in [-0.4, -0.2) is 0 Å². The van der Waals surface area contributed by atoms with Crippen LogP contribution in [0.2, 0.25) is 0 Å². The predicted octanol–water partition coefficient (Wildman–Crippen LogP) is 14.4. The highest BCUT2D eigenvalue weighted by molar-refractivity contribution is 5.96. The SMILES string of the molecule is CC(C)(C)c1cc2c(c(C(C)(C)C)c1)C(C)(C)c1cccc(N(c3ccc(C4CCCCC4)cc3)c3ccc4c(c3)C(C)(C)c3ccccc3-4)c1-2. The smallest absolute Gasteiger partial charge is 0.0543 e. The minimum atomic E-state index is -0.127. The Kier molecular flexibility index (Phi) is 7.81. The summed E-state index contributed by atoms with van der Waals surface area (Å²) < 4.78 is 0. The standard InChI is InChI=1S/C50H57N/c1-47(2,3)34-29-39-45-41(50(9,10)46(39)43(30-34)48(4,5)6)21-16-22-44(45)51(35-25-23-33(24-26-35)32-17-12-11-13-18-32)36-27-28-38-37-19-14-15-20-40(37)49(7,8)42(38)31-36/h14-16,19-32H,11-13,17-18H2,1-10H3. The molecular weight excluding hydrogens is 615 g/mol. The van der Waals surface area contributed by atoms with Crippen LogP contribution in [-0.2, 0) is 21.7 Å². The Morgan fingerprint density at radius 2 is 1.20 bits per heavy atom. The summed E-state index contributed by atoms with van der Waals surface area (Å²) in [4.78, 5) is 2.58. The second-order valence-corrected chi connectivity index (χ2v) is 18.9. The van der Waals surface area contributed by atoms with Crippen LogP contribution in [0.5, 0.6) is 0 Å². The van der Waals surface area contributed by atoms with Crippen molar-refractivity contribution >= 4 is 17.1 Å². The van der Waals surface area contributed by atoms with E-state index in [2.05, 4.69) is 171 Å². The van der Waals surface area contributed by atoms with E-state index in [-0.39, 0.29) is 21.7 Å². The van der Waals surface area contributed by atoms with Crippen LogP contribution in [0.15, 0.2) is 97.1 Å². The summed E-state index contributed by atoms with van der Waals surface area (Å²) >= 11 is 0. The zero-order chi connectivity index (χ0) is 36.1. The van der Waals surface area contributed by atoms with Gasteiger partial charge < -0.3 is 4.90 Å². The third-order valence-electron chi connectivity index (χ3n) is 12.7. The topological polar surface area (TPSA) is 3.24 Å². The van der Waals surface area contributed by atoms with Crippen molar-refractivity contribution in [1.29, 1.82) is 0 Å². The Morgan fingerprint density at radius 1 is 0.549 bits per heavy atom. The Hall–Kier alpha value is -4.10. The van der Waals surface area contributed by atoms with Crippen molar-refractivity contribution in [2.75, 3.05) is 4.90 Å². The van der Waals surface area contributed by atoms with Crippen LogP contribution in [0.3, 0.4) is 0 Å². The Labute approximate surface area is 308 Å². The molecule has 5 aromatic carbocycles. The maximum absolute atomic E-state index is 2.58. The number of hydrogen-bond acceptors (Lipinski definition) is 1. The zero-order valence-corrected chi connectivity index (χ0v) is 32.8. The van der Waals surface area contributed by atoms with E-state index < -0.39 is 0 Å². The molecule has 0 amide bonds. The average Bonchev–Trinajstić information content (AvgIpc) is 3.48. The molecule has 1 saturated carbocycles. The molecule has 0 atom stereocenters. The van der Waals surface area contributed by atoms with Gasteiger partial charge in [0.15, 0.2) is 0 Å². The lowest BCUT2D eigenvalue weighted by Gasteiger charge is -2.32. The van der Waals surface area contributed by atoms with Gasteiger partial charge in [-0.15, -0.1) is 0 Å². The molecule has 262 valence electrons. The molecule has 0 saturated heterocycles. The number of anilines is 3. The van der Waals surface area contributed by atoms with Crippen LogP contribution >= 0.6 is 0 Å². The van der Waals surface area contributed by atoms with Gasteiger partial charge >= 0.3 is 0 Å². The molecule has 0 unspecified atom stereocenters. The lowest BCUT2D eigenvalue weighted by molar-refractivity contribution is 0.443. The van der Waals surface area contributed by atoms with Gasteiger partial charge in [-0.25, -0.2) is 0 Å². The molecule has 0 heterocycles. The Balaban J connectivity index is 1.38. The van der Waals surface area contributed by atoms with E-state index in [1.54, 1.807) is 0 Å². The molecule has 51 heavy (non-hydrogen) atoms. The van der Waals surface area contributed by atoms with Gasteiger partial charge in [-0.1, -0.05) is 155 Å². The minimum absolute atomic E-state index is 0.0139. The summed E-state index contributed by atoms with van der Waals surface area (Å²) in [6.07, 6.45) is 6.71. The van der Waals surface area contributed by atoms with Gasteiger partial charge in [-0.05, 0) is 116 Å². The average molecular weight is 672 g/mol. The van der Waals surface area contributed by atoms with Crippen LogP contribution in [0.4, 0.5) is 17.1 Å². The van der Waals surface area contributed by atoms with E-state index in [1.165, 1.54) is 110 Å². The molecule has 0 radical (unpaired) electrons. The molecule has 3 aliphatic carbocycles.